The number of fused-ring (bicyclic) bond motifs is 1. The highest BCUT2D eigenvalue weighted by Gasteiger charge is 2.08. The summed E-state index contributed by atoms with van der Waals surface area (Å²) < 4.78 is 2.19. The SMILES string of the molecule is Cc1cc[n+](CCCO)c2ccccc12.[I-]. The van der Waals surface area contributed by atoms with Crippen LogP contribution in [-0.4, -0.2) is 11.7 Å². The van der Waals surface area contributed by atoms with Crippen LogP contribution in [0.5, 0.6) is 0 Å². The molecule has 86 valence electrons. The van der Waals surface area contributed by atoms with E-state index in [1.165, 1.54) is 16.5 Å². The Morgan fingerprint density at radius 1 is 1.19 bits per heavy atom. The zero-order valence-corrected chi connectivity index (χ0v) is 11.5. The summed E-state index contributed by atoms with van der Waals surface area (Å²) in [5.41, 5.74) is 2.54. The van der Waals surface area contributed by atoms with E-state index < -0.39 is 0 Å². The number of benzene rings is 1. The molecule has 0 saturated heterocycles. The molecule has 0 atom stereocenters. The average molecular weight is 329 g/mol. The van der Waals surface area contributed by atoms with Crippen LogP contribution in [0.4, 0.5) is 0 Å². The van der Waals surface area contributed by atoms with E-state index in [9.17, 15) is 0 Å². The van der Waals surface area contributed by atoms with Gasteiger partial charge in [-0.05, 0) is 18.6 Å². The van der Waals surface area contributed by atoms with Crippen LogP contribution in [0.25, 0.3) is 10.9 Å². The Morgan fingerprint density at radius 3 is 2.69 bits per heavy atom. The zero-order chi connectivity index (χ0) is 10.7. The second kappa shape index (κ2) is 6.15. The van der Waals surface area contributed by atoms with E-state index in [4.69, 9.17) is 5.11 Å². The van der Waals surface area contributed by atoms with Gasteiger partial charge in [0.2, 0.25) is 5.52 Å². The molecule has 0 radical (unpaired) electrons. The predicted octanol–water partition coefficient (Wildman–Crippen LogP) is -1.18. The van der Waals surface area contributed by atoms with E-state index >= 15 is 0 Å². The zero-order valence-electron chi connectivity index (χ0n) is 9.36. The maximum atomic E-state index is 8.84. The Balaban J connectivity index is 0.00000128. The number of aromatic nitrogens is 1. The van der Waals surface area contributed by atoms with Crippen molar-refractivity contribution >= 4 is 10.9 Å². The van der Waals surface area contributed by atoms with Gasteiger partial charge >= 0.3 is 0 Å². The van der Waals surface area contributed by atoms with E-state index in [2.05, 4.69) is 48.0 Å². The predicted molar refractivity (Wildman–Crippen MR) is 60.6 cm³/mol. The third-order valence-electron chi connectivity index (χ3n) is 2.70. The van der Waals surface area contributed by atoms with Crippen molar-refractivity contribution in [3.05, 3.63) is 42.1 Å². The van der Waals surface area contributed by atoms with E-state index in [0.29, 0.717) is 0 Å². The van der Waals surface area contributed by atoms with Crippen molar-refractivity contribution in [2.75, 3.05) is 6.61 Å². The van der Waals surface area contributed by atoms with Crippen LogP contribution < -0.4 is 28.5 Å². The van der Waals surface area contributed by atoms with Gasteiger partial charge in [0.25, 0.3) is 0 Å². The number of hydrogen-bond donors (Lipinski definition) is 1. The molecule has 0 amide bonds. The Bertz CT molecular complexity index is 470. The summed E-state index contributed by atoms with van der Waals surface area (Å²) in [6, 6.07) is 10.5. The number of pyridine rings is 1. The molecule has 0 aliphatic heterocycles. The topological polar surface area (TPSA) is 24.1 Å². The van der Waals surface area contributed by atoms with E-state index in [1.54, 1.807) is 0 Å². The molecule has 1 heterocycles. The van der Waals surface area contributed by atoms with Crippen molar-refractivity contribution in [3.63, 3.8) is 0 Å². The molecule has 0 unspecified atom stereocenters. The highest BCUT2D eigenvalue weighted by molar-refractivity contribution is 5.78. The lowest BCUT2D eigenvalue weighted by molar-refractivity contribution is -0.672. The lowest BCUT2D eigenvalue weighted by Gasteiger charge is -2.02. The molecule has 2 aromatic rings. The normalized spacial score (nSPS) is 10.1. The van der Waals surface area contributed by atoms with Gasteiger partial charge in [-0.1, -0.05) is 12.1 Å². The highest BCUT2D eigenvalue weighted by atomic mass is 127. The molecule has 1 N–H and O–H groups in total. The van der Waals surface area contributed by atoms with E-state index in [0.717, 1.165) is 13.0 Å². The molecule has 1 aromatic heterocycles. The Labute approximate surface area is 113 Å². The minimum absolute atomic E-state index is 0. The Morgan fingerprint density at radius 2 is 1.94 bits per heavy atom. The summed E-state index contributed by atoms with van der Waals surface area (Å²) in [5, 5.41) is 10.1. The molecule has 2 nitrogen and oxygen atoms in total. The van der Waals surface area contributed by atoms with Crippen molar-refractivity contribution < 1.29 is 33.7 Å². The van der Waals surface area contributed by atoms with Crippen molar-refractivity contribution in [2.24, 2.45) is 0 Å². The molecule has 0 saturated carbocycles. The average Bonchev–Trinajstić information content (AvgIpc) is 2.29. The first-order valence-corrected chi connectivity index (χ1v) is 5.31. The van der Waals surface area contributed by atoms with Crippen LogP contribution in [0.3, 0.4) is 0 Å². The van der Waals surface area contributed by atoms with Crippen LogP contribution in [0, 0.1) is 6.92 Å². The fraction of sp³-hybridized carbons (Fsp3) is 0.308. The molecular formula is C13H16INO. The van der Waals surface area contributed by atoms with Crippen LogP contribution in [0.15, 0.2) is 36.5 Å². The fourth-order valence-corrected chi connectivity index (χ4v) is 1.87. The van der Waals surface area contributed by atoms with Crippen LogP contribution in [0.2, 0.25) is 0 Å². The summed E-state index contributed by atoms with van der Waals surface area (Å²) in [7, 11) is 0. The van der Waals surface area contributed by atoms with Crippen molar-refractivity contribution in [1.29, 1.82) is 0 Å². The Kier molecular flexibility index (Phi) is 5.15. The molecule has 0 bridgehead atoms. The quantitative estimate of drug-likeness (QED) is 0.557. The van der Waals surface area contributed by atoms with E-state index in [1.807, 2.05) is 0 Å². The summed E-state index contributed by atoms with van der Waals surface area (Å²) >= 11 is 0. The molecule has 0 aliphatic rings. The number of aliphatic hydroxyl groups is 1. The molecular weight excluding hydrogens is 313 g/mol. The number of halogens is 1. The lowest BCUT2D eigenvalue weighted by Crippen LogP contribution is -3.00. The van der Waals surface area contributed by atoms with Crippen molar-refractivity contribution in [2.45, 2.75) is 19.9 Å². The maximum absolute atomic E-state index is 8.84. The number of para-hydroxylation sites is 1. The molecule has 3 heteroatoms. The van der Waals surface area contributed by atoms with Gasteiger partial charge in [0, 0.05) is 30.5 Å². The Hall–Kier alpha value is -0.680. The molecule has 0 spiro atoms. The second-order valence-electron chi connectivity index (χ2n) is 3.79. The number of nitrogens with zero attached hydrogens (tertiary/aromatic N) is 1. The van der Waals surface area contributed by atoms with Crippen LogP contribution >= 0.6 is 0 Å². The third-order valence-corrected chi connectivity index (χ3v) is 2.70. The summed E-state index contributed by atoms with van der Waals surface area (Å²) in [4.78, 5) is 0. The van der Waals surface area contributed by atoms with Crippen LogP contribution in [0.1, 0.15) is 12.0 Å². The highest BCUT2D eigenvalue weighted by Crippen LogP contribution is 2.13. The van der Waals surface area contributed by atoms with Crippen LogP contribution in [-0.2, 0) is 6.54 Å². The lowest BCUT2D eigenvalue weighted by atomic mass is 10.1. The first-order chi connectivity index (χ1) is 7.33. The summed E-state index contributed by atoms with van der Waals surface area (Å²) in [6.07, 6.45) is 2.89. The van der Waals surface area contributed by atoms with Gasteiger partial charge in [-0.25, -0.2) is 0 Å². The largest absolute Gasteiger partial charge is 1.00 e. The number of aryl methyl sites for hydroxylation is 2. The molecule has 0 fully saturated rings. The van der Waals surface area contributed by atoms with Gasteiger partial charge in [-0.3, -0.25) is 0 Å². The second-order valence-corrected chi connectivity index (χ2v) is 3.79. The number of aliphatic hydroxyl groups excluding tert-OH is 1. The number of hydrogen-bond acceptors (Lipinski definition) is 1. The van der Waals surface area contributed by atoms with Crippen molar-refractivity contribution in [1.82, 2.24) is 0 Å². The first-order valence-electron chi connectivity index (χ1n) is 5.31. The molecule has 1 aromatic carbocycles. The monoisotopic (exact) mass is 329 g/mol. The van der Waals surface area contributed by atoms with E-state index in [-0.39, 0.29) is 30.6 Å². The fourth-order valence-electron chi connectivity index (χ4n) is 1.87. The van der Waals surface area contributed by atoms with Gasteiger partial charge < -0.3 is 29.1 Å². The molecule has 0 aliphatic carbocycles. The number of rotatable bonds is 3. The molecule has 16 heavy (non-hydrogen) atoms. The van der Waals surface area contributed by atoms with Gasteiger partial charge in [-0.2, -0.15) is 4.57 Å². The van der Waals surface area contributed by atoms with Gasteiger partial charge in [0.1, 0.15) is 0 Å². The standard InChI is InChI=1S/C13H16NO.HI/c1-11-7-9-14(8-4-10-15)13-6-3-2-5-12(11)13;/h2-3,5-7,9,15H,4,8,10H2,1H3;1H/q+1;/p-1. The third kappa shape index (κ3) is 2.71. The van der Waals surface area contributed by atoms with Crippen molar-refractivity contribution in [3.8, 4) is 0 Å². The molecule has 2 rings (SSSR count). The van der Waals surface area contributed by atoms with Gasteiger partial charge in [-0.15, -0.1) is 0 Å². The van der Waals surface area contributed by atoms with Gasteiger partial charge in [0.15, 0.2) is 12.7 Å². The smallest absolute Gasteiger partial charge is 0.212 e. The summed E-state index contributed by atoms with van der Waals surface area (Å²) in [6.45, 7) is 3.24. The van der Waals surface area contributed by atoms with Gasteiger partial charge in [0.05, 0.1) is 0 Å². The minimum atomic E-state index is 0. The summed E-state index contributed by atoms with van der Waals surface area (Å²) in [5.74, 6) is 0. The first kappa shape index (κ1) is 13.4. The minimum Gasteiger partial charge on any atom is -1.00 e. The maximum Gasteiger partial charge on any atom is 0.212 e.